The van der Waals surface area contributed by atoms with Crippen LogP contribution in [0.5, 0.6) is 0 Å². The molecule has 25 heavy (non-hydrogen) atoms. The Morgan fingerprint density at radius 1 is 0.840 bits per heavy atom. The average Bonchev–Trinajstić information content (AvgIpc) is 2.65. The molecule has 3 aromatic rings. The monoisotopic (exact) mass is 339 g/mol. The molecule has 0 atom stereocenters. The van der Waals surface area contributed by atoms with Gasteiger partial charge in [-0.1, -0.05) is 60.7 Å². The lowest BCUT2D eigenvalue weighted by molar-refractivity contribution is -0.131. The minimum Gasteiger partial charge on any atom is -0.372 e. The Bertz CT molecular complexity index is 843. The first-order valence-corrected chi connectivity index (χ1v) is 7.62. The van der Waals surface area contributed by atoms with Crippen molar-refractivity contribution >= 4 is 11.6 Å². The first kappa shape index (κ1) is 16.8. The number of anilines is 1. The normalized spacial score (nSPS) is 11.2. The van der Waals surface area contributed by atoms with Gasteiger partial charge in [-0.25, -0.2) is 8.78 Å². The lowest BCUT2D eigenvalue weighted by Crippen LogP contribution is -2.41. The molecule has 0 radical (unpaired) electrons. The summed E-state index contributed by atoms with van der Waals surface area (Å²) in [4.78, 5) is 12.8. The first-order valence-electron chi connectivity index (χ1n) is 7.62. The van der Waals surface area contributed by atoms with Crippen molar-refractivity contribution in [1.82, 2.24) is 0 Å². The summed E-state index contributed by atoms with van der Waals surface area (Å²) in [5.74, 6) is -2.37. The second-order valence-electron chi connectivity index (χ2n) is 5.52. The quantitative estimate of drug-likeness (QED) is 0.759. The predicted molar refractivity (Wildman–Crippen MR) is 90.9 cm³/mol. The number of hydrogen-bond donors (Lipinski definition) is 2. The van der Waals surface area contributed by atoms with E-state index in [9.17, 15) is 18.7 Å². The van der Waals surface area contributed by atoms with Gasteiger partial charge in [0.2, 0.25) is 0 Å². The van der Waals surface area contributed by atoms with E-state index in [2.05, 4.69) is 5.32 Å². The smallest absolute Gasteiger partial charge is 0.265 e. The fraction of sp³-hybridized carbons (Fsp3) is 0.0500. The van der Waals surface area contributed by atoms with E-state index in [4.69, 9.17) is 0 Å². The van der Waals surface area contributed by atoms with E-state index in [0.29, 0.717) is 11.1 Å². The number of amides is 1. The lowest BCUT2D eigenvalue weighted by Gasteiger charge is -2.28. The van der Waals surface area contributed by atoms with Crippen molar-refractivity contribution in [2.45, 2.75) is 5.60 Å². The summed E-state index contributed by atoms with van der Waals surface area (Å²) in [6.45, 7) is 0. The zero-order valence-electron chi connectivity index (χ0n) is 13.1. The van der Waals surface area contributed by atoms with Gasteiger partial charge in [-0.05, 0) is 23.3 Å². The molecule has 5 heteroatoms. The summed E-state index contributed by atoms with van der Waals surface area (Å²) in [7, 11) is 0. The Morgan fingerprint density at radius 2 is 1.36 bits per heavy atom. The number of halogens is 2. The van der Waals surface area contributed by atoms with Crippen molar-refractivity contribution < 1.29 is 18.7 Å². The van der Waals surface area contributed by atoms with E-state index >= 15 is 0 Å². The van der Waals surface area contributed by atoms with Crippen molar-refractivity contribution in [2.24, 2.45) is 0 Å². The van der Waals surface area contributed by atoms with Gasteiger partial charge in [-0.2, -0.15) is 0 Å². The molecule has 2 N–H and O–H groups in total. The van der Waals surface area contributed by atoms with Crippen molar-refractivity contribution in [3.63, 3.8) is 0 Å². The summed E-state index contributed by atoms with van der Waals surface area (Å²) in [6.07, 6.45) is 0. The van der Waals surface area contributed by atoms with Crippen molar-refractivity contribution in [2.75, 3.05) is 5.32 Å². The van der Waals surface area contributed by atoms with Crippen LogP contribution in [0.1, 0.15) is 11.1 Å². The highest BCUT2D eigenvalue weighted by molar-refractivity contribution is 6.00. The van der Waals surface area contributed by atoms with Crippen LogP contribution in [0.15, 0.2) is 78.9 Å². The highest BCUT2D eigenvalue weighted by Crippen LogP contribution is 2.31. The van der Waals surface area contributed by atoms with Crippen LogP contribution in [0.4, 0.5) is 14.5 Å². The maximum atomic E-state index is 13.9. The molecule has 0 aliphatic carbocycles. The van der Waals surface area contributed by atoms with Gasteiger partial charge in [0, 0.05) is 6.07 Å². The van der Waals surface area contributed by atoms with E-state index in [1.807, 2.05) is 0 Å². The van der Waals surface area contributed by atoms with E-state index in [1.165, 1.54) is 0 Å². The first-order chi connectivity index (χ1) is 12.0. The number of aliphatic hydroxyl groups is 1. The predicted octanol–water partition coefficient (Wildman–Crippen LogP) is 3.84. The van der Waals surface area contributed by atoms with E-state index in [1.54, 1.807) is 60.7 Å². The molecule has 126 valence electrons. The van der Waals surface area contributed by atoms with Gasteiger partial charge in [0.1, 0.15) is 11.6 Å². The number of carbonyl (C=O) groups excluding carboxylic acids is 1. The molecule has 0 aromatic heterocycles. The topological polar surface area (TPSA) is 49.3 Å². The minimum atomic E-state index is -2.05. The highest BCUT2D eigenvalue weighted by Gasteiger charge is 2.40. The van der Waals surface area contributed by atoms with Gasteiger partial charge in [-0.3, -0.25) is 4.79 Å². The Labute approximate surface area is 143 Å². The van der Waals surface area contributed by atoms with E-state index in [0.717, 1.165) is 18.2 Å². The maximum Gasteiger partial charge on any atom is 0.265 e. The molecular weight excluding hydrogens is 324 g/mol. The Morgan fingerprint density at radius 3 is 1.88 bits per heavy atom. The van der Waals surface area contributed by atoms with Crippen LogP contribution in [0.3, 0.4) is 0 Å². The van der Waals surface area contributed by atoms with Crippen LogP contribution in [0, 0.1) is 11.6 Å². The van der Waals surface area contributed by atoms with Crippen LogP contribution in [-0.2, 0) is 10.4 Å². The molecule has 0 saturated heterocycles. The van der Waals surface area contributed by atoms with E-state index in [-0.39, 0.29) is 5.69 Å². The molecule has 0 fully saturated rings. The van der Waals surface area contributed by atoms with Crippen molar-refractivity contribution in [3.05, 3.63) is 102 Å². The molecule has 3 aromatic carbocycles. The van der Waals surface area contributed by atoms with Gasteiger partial charge < -0.3 is 10.4 Å². The molecule has 3 nitrogen and oxygen atoms in total. The molecule has 0 unspecified atom stereocenters. The third kappa shape index (κ3) is 3.27. The van der Waals surface area contributed by atoms with Gasteiger partial charge in [0.15, 0.2) is 5.60 Å². The standard InChI is InChI=1S/C20H15F2NO2/c21-16-11-12-17(22)18(13-16)23-19(24)20(25,14-7-3-1-4-8-14)15-9-5-2-6-10-15/h1-13,25H,(H,23,24). The van der Waals surface area contributed by atoms with Crippen LogP contribution in [0.2, 0.25) is 0 Å². The average molecular weight is 339 g/mol. The van der Waals surface area contributed by atoms with Gasteiger partial charge >= 0.3 is 0 Å². The lowest BCUT2D eigenvalue weighted by atomic mass is 9.85. The minimum absolute atomic E-state index is 0.315. The Kier molecular flexibility index (Phi) is 4.59. The zero-order valence-corrected chi connectivity index (χ0v) is 13.1. The van der Waals surface area contributed by atoms with Crippen LogP contribution in [-0.4, -0.2) is 11.0 Å². The van der Waals surface area contributed by atoms with Crippen LogP contribution < -0.4 is 5.32 Å². The van der Waals surface area contributed by atoms with E-state index < -0.39 is 23.1 Å². The summed E-state index contributed by atoms with van der Waals surface area (Å²) in [5.41, 5.74) is -1.76. The zero-order chi connectivity index (χ0) is 17.9. The third-order valence-electron chi connectivity index (χ3n) is 3.89. The second kappa shape index (κ2) is 6.83. The highest BCUT2D eigenvalue weighted by atomic mass is 19.1. The number of rotatable bonds is 4. The molecule has 0 aliphatic rings. The van der Waals surface area contributed by atoms with Crippen LogP contribution >= 0.6 is 0 Å². The van der Waals surface area contributed by atoms with Crippen molar-refractivity contribution in [1.29, 1.82) is 0 Å². The summed E-state index contributed by atoms with van der Waals surface area (Å²) >= 11 is 0. The molecule has 0 saturated carbocycles. The second-order valence-corrected chi connectivity index (χ2v) is 5.52. The largest absolute Gasteiger partial charge is 0.372 e. The maximum absolute atomic E-state index is 13.9. The Balaban J connectivity index is 2.06. The number of hydrogen-bond acceptors (Lipinski definition) is 2. The SMILES string of the molecule is O=C(Nc1cc(F)ccc1F)C(O)(c1ccccc1)c1ccccc1. The molecule has 1 amide bonds. The Hall–Kier alpha value is -3.05. The van der Waals surface area contributed by atoms with Gasteiger partial charge in [-0.15, -0.1) is 0 Å². The van der Waals surface area contributed by atoms with Gasteiger partial charge in [0.05, 0.1) is 5.69 Å². The molecule has 0 bridgehead atoms. The molecule has 3 rings (SSSR count). The van der Waals surface area contributed by atoms with Gasteiger partial charge in [0.25, 0.3) is 5.91 Å². The fourth-order valence-corrected chi connectivity index (χ4v) is 2.59. The third-order valence-corrected chi connectivity index (χ3v) is 3.89. The molecule has 0 spiro atoms. The van der Waals surface area contributed by atoms with Crippen LogP contribution in [0.25, 0.3) is 0 Å². The number of nitrogens with one attached hydrogen (secondary N) is 1. The fourth-order valence-electron chi connectivity index (χ4n) is 2.59. The number of carbonyl (C=O) groups is 1. The molecule has 0 aliphatic heterocycles. The number of benzene rings is 3. The molecule has 0 heterocycles. The summed E-state index contributed by atoms with van der Waals surface area (Å²) < 4.78 is 27.2. The van der Waals surface area contributed by atoms with Crippen molar-refractivity contribution in [3.8, 4) is 0 Å². The molecular formula is C20H15F2NO2. The summed E-state index contributed by atoms with van der Waals surface area (Å²) in [5, 5.41) is 13.5. The summed E-state index contributed by atoms with van der Waals surface area (Å²) in [6, 6.07) is 19.3.